The molecular formula is C23H27ClN2OS2. The van der Waals surface area contributed by atoms with Gasteiger partial charge in [-0.05, 0) is 59.7 Å². The van der Waals surface area contributed by atoms with Gasteiger partial charge >= 0.3 is 0 Å². The van der Waals surface area contributed by atoms with Crippen molar-refractivity contribution in [3.63, 3.8) is 0 Å². The molecule has 2 heterocycles. The van der Waals surface area contributed by atoms with Crippen molar-refractivity contribution in [2.24, 2.45) is 0 Å². The molecule has 6 heteroatoms. The van der Waals surface area contributed by atoms with Gasteiger partial charge in [0.2, 0.25) is 0 Å². The van der Waals surface area contributed by atoms with Gasteiger partial charge in [-0.3, -0.25) is 9.69 Å². The Morgan fingerprint density at radius 3 is 2.34 bits per heavy atom. The number of thioether (sulfide) groups is 2. The van der Waals surface area contributed by atoms with Crippen LogP contribution in [0.2, 0.25) is 5.02 Å². The van der Waals surface area contributed by atoms with Gasteiger partial charge in [0.05, 0.1) is 4.58 Å². The lowest BCUT2D eigenvalue weighted by molar-refractivity contribution is 0.0761. The maximum absolute atomic E-state index is 13.0. The van der Waals surface area contributed by atoms with Crippen molar-refractivity contribution in [3.8, 4) is 0 Å². The second-order valence-corrected chi connectivity index (χ2v) is 10.8. The van der Waals surface area contributed by atoms with Crippen LogP contribution < -0.4 is 0 Å². The lowest BCUT2D eigenvalue weighted by Crippen LogP contribution is -2.35. The standard InChI is InChI=1S/C23H27ClN2OS2/c24-21-9-3-18(4-10-21)17-25-11-1-12-26(14-13-25)22(27)19-5-7-20(8-6-19)23-28-15-2-16-29-23/h3-10,23H,1-2,11-17H2. The fourth-order valence-electron chi connectivity index (χ4n) is 3.83. The average molecular weight is 447 g/mol. The molecule has 3 nitrogen and oxygen atoms in total. The highest BCUT2D eigenvalue weighted by Crippen LogP contribution is 2.43. The third-order valence-electron chi connectivity index (χ3n) is 5.45. The van der Waals surface area contributed by atoms with Crippen molar-refractivity contribution in [3.05, 3.63) is 70.2 Å². The molecule has 4 rings (SSSR count). The summed E-state index contributed by atoms with van der Waals surface area (Å²) in [7, 11) is 0. The van der Waals surface area contributed by atoms with E-state index in [9.17, 15) is 4.79 Å². The first-order valence-electron chi connectivity index (χ1n) is 10.3. The van der Waals surface area contributed by atoms with Gasteiger partial charge in [0.15, 0.2) is 0 Å². The van der Waals surface area contributed by atoms with E-state index in [1.165, 1.54) is 29.1 Å². The van der Waals surface area contributed by atoms with Crippen LogP contribution in [-0.4, -0.2) is 53.4 Å². The Hall–Kier alpha value is -1.14. The molecule has 2 aromatic rings. The summed E-state index contributed by atoms with van der Waals surface area (Å²) in [6.07, 6.45) is 2.30. The van der Waals surface area contributed by atoms with Crippen LogP contribution in [0.5, 0.6) is 0 Å². The molecule has 0 bridgehead atoms. The number of halogens is 1. The molecule has 154 valence electrons. The number of hydrogen-bond acceptors (Lipinski definition) is 4. The molecule has 0 aliphatic carbocycles. The Morgan fingerprint density at radius 2 is 1.62 bits per heavy atom. The van der Waals surface area contributed by atoms with Crippen LogP contribution in [-0.2, 0) is 6.54 Å². The highest BCUT2D eigenvalue weighted by atomic mass is 35.5. The number of carbonyl (C=O) groups excluding carboxylic acids is 1. The van der Waals surface area contributed by atoms with E-state index in [0.717, 1.165) is 49.7 Å². The maximum atomic E-state index is 13.0. The second-order valence-electron chi connectivity index (χ2n) is 7.60. The van der Waals surface area contributed by atoms with Gasteiger partial charge in [-0.25, -0.2) is 0 Å². The van der Waals surface area contributed by atoms with Crippen molar-refractivity contribution in [1.29, 1.82) is 0 Å². The van der Waals surface area contributed by atoms with Crippen LogP contribution in [0.4, 0.5) is 0 Å². The summed E-state index contributed by atoms with van der Waals surface area (Å²) >= 11 is 10.0. The van der Waals surface area contributed by atoms with Gasteiger partial charge in [-0.15, -0.1) is 23.5 Å². The highest BCUT2D eigenvalue weighted by molar-refractivity contribution is 8.16. The van der Waals surface area contributed by atoms with Crippen LogP contribution in [0, 0.1) is 0 Å². The molecule has 1 amide bonds. The summed E-state index contributed by atoms with van der Waals surface area (Å²) in [5.41, 5.74) is 3.41. The summed E-state index contributed by atoms with van der Waals surface area (Å²) in [5, 5.41) is 0.771. The van der Waals surface area contributed by atoms with E-state index in [1.807, 2.05) is 52.7 Å². The minimum atomic E-state index is 0.161. The summed E-state index contributed by atoms with van der Waals surface area (Å²) in [4.78, 5) is 17.5. The minimum Gasteiger partial charge on any atom is -0.337 e. The first-order valence-corrected chi connectivity index (χ1v) is 12.8. The van der Waals surface area contributed by atoms with Crippen molar-refractivity contribution in [1.82, 2.24) is 9.80 Å². The topological polar surface area (TPSA) is 23.6 Å². The molecular weight excluding hydrogens is 420 g/mol. The fourth-order valence-corrected chi connectivity index (χ4v) is 6.85. The number of benzene rings is 2. The number of hydrogen-bond donors (Lipinski definition) is 0. The highest BCUT2D eigenvalue weighted by Gasteiger charge is 2.21. The van der Waals surface area contributed by atoms with Gasteiger partial charge < -0.3 is 4.90 Å². The van der Waals surface area contributed by atoms with E-state index in [1.54, 1.807) is 0 Å². The molecule has 0 spiro atoms. The van der Waals surface area contributed by atoms with Crippen molar-refractivity contribution >= 4 is 41.0 Å². The van der Waals surface area contributed by atoms with Crippen LogP contribution >= 0.6 is 35.1 Å². The predicted octanol–water partition coefficient (Wildman–Crippen LogP) is 5.56. The minimum absolute atomic E-state index is 0.161. The maximum Gasteiger partial charge on any atom is 0.253 e. The van der Waals surface area contributed by atoms with E-state index in [-0.39, 0.29) is 5.91 Å². The molecule has 0 atom stereocenters. The number of rotatable bonds is 4. The Bertz CT molecular complexity index is 807. The molecule has 29 heavy (non-hydrogen) atoms. The molecule has 2 fully saturated rings. The number of nitrogens with zero attached hydrogens (tertiary/aromatic N) is 2. The van der Waals surface area contributed by atoms with E-state index in [0.29, 0.717) is 4.58 Å². The average Bonchev–Trinajstić information content (AvgIpc) is 3.01. The first-order chi connectivity index (χ1) is 14.2. The lowest BCUT2D eigenvalue weighted by Gasteiger charge is -2.23. The predicted molar refractivity (Wildman–Crippen MR) is 126 cm³/mol. The van der Waals surface area contributed by atoms with Gasteiger partial charge in [0.1, 0.15) is 0 Å². The third-order valence-corrected chi connectivity index (χ3v) is 8.72. The molecule has 2 aliphatic heterocycles. The first kappa shape index (κ1) is 21.1. The Kier molecular flexibility index (Phi) is 7.46. The van der Waals surface area contributed by atoms with Crippen LogP contribution in [0.3, 0.4) is 0 Å². The SMILES string of the molecule is O=C(c1ccc(C2SCCCS2)cc1)N1CCCN(Cc2ccc(Cl)cc2)CC1. The summed E-state index contributed by atoms with van der Waals surface area (Å²) in [6, 6.07) is 16.4. The molecule has 2 aromatic carbocycles. The summed E-state index contributed by atoms with van der Waals surface area (Å²) < 4.78 is 0.521. The number of carbonyl (C=O) groups is 1. The van der Waals surface area contributed by atoms with E-state index in [2.05, 4.69) is 29.2 Å². The third kappa shape index (κ3) is 5.72. The second kappa shape index (κ2) is 10.3. The van der Waals surface area contributed by atoms with E-state index >= 15 is 0 Å². The molecule has 0 saturated carbocycles. The van der Waals surface area contributed by atoms with Crippen molar-refractivity contribution in [2.45, 2.75) is 24.0 Å². The van der Waals surface area contributed by atoms with Crippen LogP contribution in [0.1, 0.15) is 38.9 Å². The molecule has 0 aromatic heterocycles. The molecule has 0 unspecified atom stereocenters. The number of amides is 1. The monoisotopic (exact) mass is 446 g/mol. The smallest absolute Gasteiger partial charge is 0.253 e. The van der Waals surface area contributed by atoms with Crippen molar-refractivity contribution in [2.75, 3.05) is 37.7 Å². The van der Waals surface area contributed by atoms with E-state index in [4.69, 9.17) is 11.6 Å². The van der Waals surface area contributed by atoms with Gasteiger partial charge in [-0.2, -0.15) is 0 Å². The molecule has 0 radical (unpaired) electrons. The normalized spacial score (nSPS) is 19.1. The van der Waals surface area contributed by atoms with E-state index < -0.39 is 0 Å². The van der Waals surface area contributed by atoms with Crippen LogP contribution in [0.15, 0.2) is 48.5 Å². The largest absolute Gasteiger partial charge is 0.337 e. The van der Waals surface area contributed by atoms with Gasteiger partial charge in [0.25, 0.3) is 5.91 Å². The van der Waals surface area contributed by atoms with Gasteiger partial charge in [-0.1, -0.05) is 35.9 Å². The molecule has 0 N–H and O–H groups in total. The van der Waals surface area contributed by atoms with Crippen LogP contribution in [0.25, 0.3) is 0 Å². The lowest BCUT2D eigenvalue weighted by atomic mass is 10.1. The van der Waals surface area contributed by atoms with Crippen molar-refractivity contribution < 1.29 is 4.79 Å². The Labute approximate surface area is 187 Å². The zero-order valence-corrected chi connectivity index (χ0v) is 18.9. The fraction of sp³-hybridized carbons (Fsp3) is 0.435. The molecule has 2 aliphatic rings. The Balaban J connectivity index is 1.33. The molecule has 2 saturated heterocycles. The quantitative estimate of drug-likeness (QED) is 0.613. The summed E-state index contributed by atoms with van der Waals surface area (Å²) in [6.45, 7) is 4.43. The summed E-state index contributed by atoms with van der Waals surface area (Å²) in [5.74, 6) is 2.63. The Morgan fingerprint density at radius 1 is 0.897 bits per heavy atom. The zero-order chi connectivity index (χ0) is 20.1. The zero-order valence-electron chi connectivity index (χ0n) is 16.6. The van der Waals surface area contributed by atoms with Gasteiger partial charge in [0, 0.05) is 43.3 Å².